The van der Waals surface area contributed by atoms with Gasteiger partial charge in [0, 0.05) is 45.0 Å². The van der Waals surface area contributed by atoms with Crippen LogP contribution in [0.5, 0.6) is 0 Å². The minimum atomic E-state index is -0.385. The van der Waals surface area contributed by atoms with E-state index >= 15 is 0 Å². The summed E-state index contributed by atoms with van der Waals surface area (Å²) >= 11 is 0. The summed E-state index contributed by atoms with van der Waals surface area (Å²) in [6.45, 7) is 6.75. The zero-order chi connectivity index (χ0) is 17.2. The van der Waals surface area contributed by atoms with Crippen molar-refractivity contribution in [3.63, 3.8) is 0 Å². The summed E-state index contributed by atoms with van der Waals surface area (Å²) < 4.78 is 0. The lowest BCUT2D eigenvalue weighted by molar-refractivity contribution is -0.154. The summed E-state index contributed by atoms with van der Waals surface area (Å²) in [6.07, 6.45) is 1.69. The number of pyridine rings is 1. The van der Waals surface area contributed by atoms with Gasteiger partial charge in [0.2, 0.25) is 5.91 Å². The Balaban J connectivity index is 1.65. The van der Waals surface area contributed by atoms with Crippen LogP contribution in [0.1, 0.15) is 24.2 Å². The molecule has 2 fully saturated rings. The maximum absolute atomic E-state index is 13.0. The number of aryl methyl sites for hydroxylation is 1. The SMILES string of the molecule is Cc1cccc(CN2CCC3(CC2)C(=O)N(CCO)CCN3C)n1. The number of hydrogen-bond acceptors (Lipinski definition) is 5. The van der Waals surface area contributed by atoms with Crippen molar-refractivity contribution in [2.45, 2.75) is 31.8 Å². The van der Waals surface area contributed by atoms with Crippen molar-refractivity contribution in [3.05, 3.63) is 29.6 Å². The highest BCUT2D eigenvalue weighted by Gasteiger charge is 2.48. The summed E-state index contributed by atoms with van der Waals surface area (Å²) in [5.74, 6) is 0.193. The van der Waals surface area contributed by atoms with E-state index in [9.17, 15) is 9.90 Å². The normalized spacial score (nSPS) is 22.3. The van der Waals surface area contributed by atoms with Crippen molar-refractivity contribution in [1.82, 2.24) is 19.7 Å². The first-order valence-electron chi connectivity index (χ1n) is 8.81. The number of nitrogens with zero attached hydrogens (tertiary/aromatic N) is 4. The monoisotopic (exact) mass is 332 g/mol. The predicted molar refractivity (Wildman–Crippen MR) is 92.5 cm³/mol. The molecule has 2 saturated heterocycles. The number of aliphatic hydroxyl groups is 1. The summed E-state index contributed by atoms with van der Waals surface area (Å²) in [5, 5.41) is 9.19. The van der Waals surface area contributed by atoms with E-state index in [0.717, 1.165) is 50.4 Å². The Morgan fingerprint density at radius 3 is 2.62 bits per heavy atom. The molecule has 1 amide bonds. The third-order valence-electron chi connectivity index (χ3n) is 5.51. The third-order valence-corrected chi connectivity index (χ3v) is 5.51. The molecule has 1 spiro atoms. The number of carbonyl (C=O) groups is 1. The van der Waals surface area contributed by atoms with Crippen molar-refractivity contribution in [1.29, 1.82) is 0 Å². The van der Waals surface area contributed by atoms with Gasteiger partial charge in [0.25, 0.3) is 0 Å². The largest absolute Gasteiger partial charge is 0.395 e. The molecule has 3 rings (SSSR count). The number of piperazine rings is 1. The van der Waals surface area contributed by atoms with Crippen molar-refractivity contribution in [2.24, 2.45) is 0 Å². The molecule has 0 saturated carbocycles. The Labute approximate surface area is 144 Å². The number of aliphatic hydroxyl groups excluding tert-OH is 1. The Bertz CT molecular complexity index is 584. The van der Waals surface area contributed by atoms with Crippen LogP contribution in [0.3, 0.4) is 0 Å². The standard InChI is InChI=1S/C18H28N4O2/c1-15-4-3-5-16(19-15)14-21-8-6-18(7-9-21)17(24)22(12-13-23)11-10-20(18)2/h3-5,23H,6-14H2,1-2H3. The molecule has 3 heterocycles. The molecule has 2 aliphatic rings. The van der Waals surface area contributed by atoms with E-state index in [1.807, 2.05) is 24.0 Å². The quantitative estimate of drug-likeness (QED) is 0.870. The Hall–Kier alpha value is -1.50. The minimum absolute atomic E-state index is 0.0384. The summed E-state index contributed by atoms with van der Waals surface area (Å²) in [6, 6.07) is 6.13. The predicted octanol–water partition coefficient (Wildman–Crippen LogP) is 0.491. The molecule has 6 nitrogen and oxygen atoms in total. The first kappa shape index (κ1) is 17.3. The average molecular weight is 332 g/mol. The van der Waals surface area contributed by atoms with Gasteiger partial charge >= 0.3 is 0 Å². The number of hydrogen-bond donors (Lipinski definition) is 1. The van der Waals surface area contributed by atoms with E-state index < -0.39 is 0 Å². The number of likely N-dealkylation sites (tertiary alicyclic amines) is 1. The van der Waals surface area contributed by atoms with Crippen LogP contribution in [-0.2, 0) is 11.3 Å². The molecule has 2 aliphatic heterocycles. The van der Waals surface area contributed by atoms with E-state index in [1.165, 1.54) is 0 Å². The van der Waals surface area contributed by atoms with Gasteiger partial charge in [0.15, 0.2) is 0 Å². The number of likely N-dealkylation sites (N-methyl/N-ethyl adjacent to an activating group) is 1. The number of aromatic nitrogens is 1. The van der Waals surface area contributed by atoms with Crippen LogP contribution < -0.4 is 0 Å². The molecule has 0 radical (unpaired) electrons. The fourth-order valence-corrected chi connectivity index (χ4v) is 3.97. The van der Waals surface area contributed by atoms with Gasteiger partial charge < -0.3 is 10.0 Å². The van der Waals surface area contributed by atoms with Crippen LogP contribution in [0.2, 0.25) is 0 Å². The highest BCUT2D eigenvalue weighted by molar-refractivity contribution is 5.87. The fourth-order valence-electron chi connectivity index (χ4n) is 3.97. The fraction of sp³-hybridized carbons (Fsp3) is 0.667. The molecule has 0 aromatic carbocycles. The smallest absolute Gasteiger partial charge is 0.243 e. The lowest BCUT2D eigenvalue weighted by Gasteiger charge is -2.51. The van der Waals surface area contributed by atoms with Crippen molar-refractivity contribution >= 4 is 5.91 Å². The van der Waals surface area contributed by atoms with Gasteiger partial charge in [-0.1, -0.05) is 6.07 Å². The zero-order valence-corrected chi connectivity index (χ0v) is 14.7. The Morgan fingerprint density at radius 2 is 1.96 bits per heavy atom. The van der Waals surface area contributed by atoms with Gasteiger partial charge in [0.05, 0.1) is 12.3 Å². The Kier molecular flexibility index (Phi) is 5.18. The highest BCUT2D eigenvalue weighted by Crippen LogP contribution is 2.33. The number of β-amino-alcohol motifs (C(OH)–C–C–N with tert-alkyl or cyclic N) is 1. The van der Waals surface area contributed by atoms with Crippen LogP contribution in [0.4, 0.5) is 0 Å². The van der Waals surface area contributed by atoms with Gasteiger partial charge in [-0.3, -0.25) is 19.6 Å². The molecule has 0 atom stereocenters. The van der Waals surface area contributed by atoms with Crippen molar-refractivity contribution in [2.75, 3.05) is 46.4 Å². The second kappa shape index (κ2) is 7.17. The molecule has 1 aromatic heterocycles. The highest BCUT2D eigenvalue weighted by atomic mass is 16.3. The second-order valence-corrected chi connectivity index (χ2v) is 7.02. The van der Waals surface area contributed by atoms with E-state index in [2.05, 4.69) is 27.9 Å². The maximum atomic E-state index is 13.0. The van der Waals surface area contributed by atoms with Gasteiger partial charge in [-0.15, -0.1) is 0 Å². The number of piperidine rings is 1. The van der Waals surface area contributed by atoms with E-state index in [4.69, 9.17) is 0 Å². The van der Waals surface area contributed by atoms with Crippen LogP contribution in [0, 0.1) is 6.92 Å². The van der Waals surface area contributed by atoms with Gasteiger partial charge in [-0.2, -0.15) is 0 Å². The number of rotatable bonds is 4. The van der Waals surface area contributed by atoms with Gasteiger partial charge in [-0.05, 0) is 38.9 Å². The topological polar surface area (TPSA) is 59.9 Å². The number of amides is 1. The van der Waals surface area contributed by atoms with Crippen LogP contribution in [-0.4, -0.2) is 82.6 Å². The van der Waals surface area contributed by atoms with E-state index in [1.54, 1.807) is 0 Å². The molecule has 6 heteroatoms. The molecular formula is C18H28N4O2. The summed E-state index contributed by atoms with van der Waals surface area (Å²) in [4.78, 5) is 24.0. The van der Waals surface area contributed by atoms with Crippen molar-refractivity contribution in [3.8, 4) is 0 Å². The first-order chi connectivity index (χ1) is 11.5. The van der Waals surface area contributed by atoms with Crippen LogP contribution in [0.15, 0.2) is 18.2 Å². The van der Waals surface area contributed by atoms with Crippen molar-refractivity contribution < 1.29 is 9.90 Å². The van der Waals surface area contributed by atoms with Crippen LogP contribution >= 0.6 is 0 Å². The average Bonchev–Trinajstić information content (AvgIpc) is 2.57. The number of carbonyl (C=O) groups excluding carboxylic acids is 1. The van der Waals surface area contributed by atoms with Crippen LogP contribution in [0.25, 0.3) is 0 Å². The van der Waals surface area contributed by atoms with E-state index in [0.29, 0.717) is 13.1 Å². The maximum Gasteiger partial charge on any atom is 0.243 e. The van der Waals surface area contributed by atoms with Gasteiger partial charge in [0.1, 0.15) is 5.54 Å². The third kappa shape index (κ3) is 3.31. The minimum Gasteiger partial charge on any atom is -0.395 e. The Morgan fingerprint density at radius 1 is 1.21 bits per heavy atom. The molecule has 0 unspecified atom stereocenters. The van der Waals surface area contributed by atoms with E-state index in [-0.39, 0.29) is 18.1 Å². The molecule has 1 aromatic rings. The molecule has 0 aliphatic carbocycles. The molecular weight excluding hydrogens is 304 g/mol. The molecule has 132 valence electrons. The molecule has 24 heavy (non-hydrogen) atoms. The second-order valence-electron chi connectivity index (χ2n) is 7.02. The molecule has 1 N–H and O–H groups in total. The lowest BCUT2D eigenvalue weighted by Crippen LogP contribution is -2.67. The summed E-state index contributed by atoms with van der Waals surface area (Å²) in [5.41, 5.74) is 1.75. The van der Waals surface area contributed by atoms with Gasteiger partial charge in [-0.25, -0.2) is 0 Å². The first-order valence-corrected chi connectivity index (χ1v) is 8.81. The molecule has 0 bridgehead atoms. The summed E-state index contributed by atoms with van der Waals surface area (Å²) in [7, 11) is 2.06. The lowest BCUT2D eigenvalue weighted by atomic mass is 9.82. The zero-order valence-electron chi connectivity index (χ0n) is 14.7.